The van der Waals surface area contributed by atoms with E-state index in [9.17, 15) is 0 Å². The fourth-order valence-corrected chi connectivity index (χ4v) is 2.41. The lowest BCUT2D eigenvalue weighted by Crippen LogP contribution is -2.27. The van der Waals surface area contributed by atoms with Gasteiger partial charge in [0, 0.05) is 37.5 Å². The lowest BCUT2D eigenvalue weighted by molar-refractivity contribution is 0.154. The van der Waals surface area contributed by atoms with Crippen molar-refractivity contribution in [1.82, 2.24) is 5.32 Å². The third kappa shape index (κ3) is 5.21. The Morgan fingerprint density at radius 3 is 2.67 bits per heavy atom. The fraction of sp³-hybridized carbons (Fsp3) is 0.647. The Balaban J connectivity index is 2.95. The Bertz CT molecular complexity index is 410. The van der Waals surface area contributed by atoms with Crippen molar-refractivity contribution in [2.75, 3.05) is 45.4 Å². The fourth-order valence-electron chi connectivity index (χ4n) is 2.41. The van der Waals surface area contributed by atoms with Gasteiger partial charge >= 0.3 is 0 Å². The molecule has 1 aromatic rings. The second kappa shape index (κ2) is 9.64. The van der Waals surface area contributed by atoms with Crippen LogP contribution in [0.5, 0.6) is 5.75 Å². The first-order chi connectivity index (χ1) is 10.2. The zero-order valence-corrected chi connectivity index (χ0v) is 14.1. The summed E-state index contributed by atoms with van der Waals surface area (Å²) >= 11 is 0. The number of nitrogens with zero attached hydrogens (tertiary/aromatic N) is 1. The molecule has 1 unspecified atom stereocenters. The monoisotopic (exact) mass is 294 g/mol. The molecular weight excluding hydrogens is 264 g/mol. The number of nitrogens with one attached hydrogen (secondary N) is 1. The Morgan fingerprint density at radius 2 is 2.05 bits per heavy atom. The Kier molecular flexibility index (Phi) is 8.16. The third-order valence-electron chi connectivity index (χ3n) is 3.58. The zero-order valence-electron chi connectivity index (χ0n) is 14.1. The van der Waals surface area contributed by atoms with Gasteiger partial charge < -0.3 is 19.7 Å². The number of methoxy groups -OCH3 is 1. The van der Waals surface area contributed by atoms with Gasteiger partial charge in [-0.15, -0.1) is 0 Å². The summed E-state index contributed by atoms with van der Waals surface area (Å²) in [7, 11) is 3.83. The standard InChI is InChI=1S/C17H30N2O2/c1-6-11-18-14(3)17-15(9-8-10-16(17)20-5)19(4)12-13-21-7-2/h8-10,14,18H,6-7,11-13H2,1-5H3. The molecule has 0 aliphatic rings. The van der Waals surface area contributed by atoms with Crippen molar-refractivity contribution in [1.29, 1.82) is 0 Å². The van der Waals surface area contributed by atoms with Crippen molar-refractivity contribution in [3.63, 3.8) is 0 Å². The summed E-state index contributed by atoms with van der Waals surface area (Å²) in [5.41, 5.74) is 2.41. The maximum atomic E-state index is 5.56. The van der Waals surface area contributed by atoms with Crippen LogP contribution in [0.4, 0.5) is 5.69 Å². The van der Waals surface area contributed by atoms with Crippen LogP contribution in [0.25, 0.3) is 0 Å². The quantitative estimate of drug-likeness (QED) is 0.672. The van der Waals surface area contributed by atoms with Gasteiger partial charge in [0.25, 0.3) is 0 Å². The molecule has 0 bridgehead atoms. The van der Waals surface area contributed by atoms with Crippen LogP contribution in [0.2, 0.25) is 0 Å². The molecule has 0 aromatic heterocycles. The van der Waals surface area contributed by atoms with Gasteiger partial charge in [-0.25, -0.2) is 0 Å². The predicted octanol–water partition coefficient (Wildman–Crippen LogP) is 3.23. The van der Waals surface area contributed by atoms with Crippen LogP contribution in [-0.2, 0) is 4.74 Å². The van der Waals surface area contributed by atoms with E-state index >= 15 is 0 Å². The number of ether oxygens (including phenoxy) is 2. The molecule has 1 aromatic carbocycles. The van der Waals surface area contributed by atoms with E-state index < -0.39 is 0 Å². The van der Waals surface area contributed by atoms with Gasteiger partial charge in [-0.2, -0.15) is 0 Å². The Hall–Kier alpha value is -1.26. The molecule has 0 aliphatic heterocycles. The molecule has 4 heteroatoms. The summed E-state index contributed by atoms with van der Waals surface area (Å²) in [5.74, 6) is 0.937. The van der Waals surface area contributed by atoms with E-state index in [0.29, 0.717) is 0 Å². The largest absolute Gasteiger partial charge is 0.496 e. The van der Waals surface area contributed by atoms with Crippen LogP contribution < -0.4 is 15.0 Å². The van der Waals surface area contributed by atoms with Crippen molar-refractivity contribution in [3.05, 3.63) is 23.8 Å². The highest BCUT2D eigenvalue weighted by Gasteiger charge is 2.17. The van der Waals surface area contributed by atoms with Crippen molar-refractivity contribution in [3.8, 4) is 5.75 Å². The topological polar surface area (TPSA) is 33.7 Å². The average Bonchev–Trinajstić information content (AvgIpc) is 2.51. The highest BCUT2D eigenvalue weighted by molar-refractivity contribution is 5.60. The van der Waals surface area contributed by atoms with Crippen LogP contribution in [0.1, 0.15) is 38.8 Å². The summed E-state index contributed by atoms with van der Waals surface area (Å²) in [6, 6.07) is 6.47. The highest BCUT2D eigenvalue weighted by atomic mass is 16.5. The van der Waals surface area contributed by atoms with Crippen molar-refractivity contribution >= 4 is 5.69 Å². The van der Waals surface area contributed by atoms with Gasteiger partial charge in [-0.1, -0.05) is 13.0 Å². The van der Waals surface area contributed by atoms with Gasteiger partial charge in [0.2, 0.25) is 0 Å². The zero-order chi connectivity index (χ0) is 15.7. The number of likely N-dealkylation sites (N-methyl/N-ethyl adjacent to an activating group) is 1. The minimum absolute atomic E-state index is 0.255. The summed E-state index contributed by atoms with van der Waals surface area (Å²) in [5, 5.41) is 3.55. The molecule has 120 valence electrons. The summed E-state index contributed by atoms with van der Waals surface area (Å²) in [6.07, 6.45) is 1.12. The molecule has 1 rings (SSSR count). The summed E-state index contributed by atoms with van der Waals surface area (Å²) in [4.78, 5) is 2.23. The summed E-state index contributed by atoms with van der Waals surface area (Å²) < 4.78 is 11.0. The molecule has 0 saturated carbocycles. The minimum atomic E-state index is 0.255. The van der Waals surface area contributed by atoms with E-state index in [1.165, 1.54) is 11.3 Å². The van der Waals surface area contributed by atoms with Gasteiger partial charge in [0.1, 0.15) is 5.75 Å². The van der Waals surface area contributed by atoms with Crippen LogP contribution >= 0.6 is 0 Å². The molecule has 21 heavy (non-hydrogen) atoms. The maximum absolute atomic E-state index is 5.56. The van der Waals surface area contributed by atoms with E-state index in [1.807, 2.05) is 19.1 Å². The van der Waals surface area contributed by atoms with E-state index in [0.717, 1.165) is 38.5 Å². The van der Waals surface area contributed by atoms with E-state index in [1.54, 1.807) is 7.11 Å². The number of anilines is 1. The molecule has 0 saturated heterocycles. The maximum Gasteiger partial charge on any atom is 0.125 e. The predicted molar refractivity (Wildman–Crippen MR) is 89.5 cm³/mol. The summed E-state index contributed by atoms with van der Waals surface area (Å²) in [6.45, 7) is 9.75. The molecule has 0 fully saturated rings. The highest BCUT2D eigenvalue weighted by Crippen LogP contribution is 2.34. The van der Waals surface area contributed by atoms with E-state index in [2.05, 4.69) is 37.2 Å². The molecule has 4 nitrogen and oxygen atoms in total. The molecule has 1 atom stereocenters. The third-order valence-corrected chi connectivity index (χ3v) is 3.58. The van der Waals surface area contributed by atoms with Gasteiger partial charge in [-0.3, -0.25) is 0 Å². The Morgan fingerprint density at radius 1 is 1.29 bits per heavy atom. The molecule has 0 amide bonds. The van der Waals surface area contributed by atoms with Crippen LogP contribution in [0.15, 0.2) is 18.2 Å². The van der Waals surface area contributed by atoms with Crippen molar-refractivity contribution in [2.24, 2.45) is 0 Å². The number of benzene rings is 1. The number of hydrogen-bond donors (Lipinski definition) is 1. The van der Waals surface area contributed by atoms with E-state index in [4.69, 9.17) is 9.47 Å². The second-order valence-corrected chi connectivity index (χ2v) is 5.19. The van der Waals surface area contributed by atoms with Crippen LogP contribution in [-0.4, -0.2) is 40.5 Å². The lowest BCUT2D eigenvalue weighted by atomic mass is 10.0. The van der Waals surface area contributed by atoms with Gasteiger partial charge in [0.05, 0.1) is 13.7 Å². The smallest absolute Gasteiger partial charge is 0.125 e. The first-order valence-corrected chi connectivity index (χ1v) is 7.84. The average molecular weight is 294 g/mol. The first kappa shape index (κ1) is 17.8. The van der Waals surface area contributed by atoms with Crippen LogP contribution in [0.3, 0.4) is 0 Å². The van der Waals surface area contributed by atoms with Crippen molar-refractivity contribution in [2.45, 2.75) is 33.2 Å². The minimum Gasteiger partial charge on any atom is -0.496 e. The number of hydrogen-bond acceptors (Lipinski definition) is 4. The molecule has 0 spiro atoms. The number of rotatable bonds is 10. The first-order valence-electron chi connectivity index (χ1n) is 7.84. The van der Waals surface area contributed by atoms with Crippen molar-refractivity contribution < 1.29 is 9.47 Å². The molecule has 0 heterocycles. The van der Waals surface area contributed by atoms with Crippen LogP contribution in [0, 0.1) is 0 Å². The second-order valence-electron chi connectivity index (χ2n) is 5.19. The molecule has 0 aliphatic carbocycles. The Labute approximate surface area is 129 Å². The van der Waals surface area contributed by atoms with Gasteiger partial charge in [-0.05, 0) is 38.9 Å². The normalized spacial score (nSPS) is 12.2. The molecule has 1 N–H and O–H groups in total. The lowest BCUT2D eigenvalue weighted by Gasteiger charge is -2.27. The van der Waals surface area contributed by atoms with Gasteiger partial charge in [0.15, 0.2) is 0 Å². The molecule has 0 radical (unpaired) electrons. The SMILES string of the molecule is CCCNC(C)c1c(OC)cccc1N(C)CCOCC. The van der Waals surface area contributed by atoms with E-state index in [-0.39, 0.29) is 6.04 Å². The molecular formula is C17H30N2O2.